The summed E-state index contributed by atoms with van der Waals surface area (Å²) in [5.41, 5.74) is 2.44. The largest absolute Gasteiger partial charge is 0.497 e. The molecule has 1 saturated heterocycles. The van der Waals surface area contributed by atoms with E-state index >= 15 is 0 Å². The van der Waals surface area contributed by atoms with Gasteiger partial charge in [-0.2, -0.15) is 0 Å². The predicted octanol–water partition coefficient (Wildman–Crippen LogP) is 2.12. The average molecular weight is 418 g/mol. The number of carbonyl (C=O) groups excluding carboxylic acids is 1. The molecule has 0 bridgehead atoms. The summed E-state index contributed by atoms with van der Waals surface area (Å²) in [6, 6.07) is 15.0. The molecule has 29 heavy (non-hydrogen) atoms. The van der Waals surface area contributed by atoms with E-state index < -0.39 is 10.0 Å². The van der Waals surface area contributed by atoms with Crippen molar-refractivity contribution < 1.29 is 17.9 Å². The summed E-state index contributed by atoms with van der Waals surface area (Å²) < 4.78 is 31.0. The Labute approximate surface area is 172 Å². The van der Waals surface area contributed by atoms with Gasteiger partial charge in [0.25, 0.3) is 0 Å². The molecule has 0 aromatic heterocycles. The highest BCUT2D eigenvalue weighted by Gasteiger charge is 2.27. The van der Waals surface area contributed by atoms with Gasteiger partial charge in [0.15, 0.2) is 0 Å². The van der Waals surface area contributed by atoms with Crippen LogP contribution in [0.3, 0.4) is 0 Å². The van der Waals surface area contributed by atoms with E-state index in [0.717, 1.165) is 23.3 Å². The first-order valence-electron chi connectivity index (χ1n) is 9.49. The molecule has 2 aromatic rings. The predicted molar refractivity (Wildman–Crippen MR) is 115 cm³/mol. The monoisotopic (exact) mass is 417 g/mol. The van der Waals surface area contributed by atoms with Crippen molar-refractivity contribution in [2.75, 3.05) is 55.3 Å². The van der Waals surface area contributed by atoms with E-state index in [1.807, 2.05) is 43.3 Å². The Morgan fingerprint density at radius 1 is 1.03 bits per heavy atom. The Kier molecular flexibility index (Phi) is 6.32. The van der Waals surface area contributed by atoms with Gasteiger partial charge >= 0.3 is 0 Å². The summed E-state index contributed by atoms with van der Waals surface area (Å²) in [7, 11) is -1.94. The van der Waals surface area contributed by atoms with Crippen LogP contribution in [0.15, 0.2) is 48.5 Å². The summed E-state index contributed by atoms with van der Waals surface area (Å²) in [4.78, 5) is 16.8. The molecule has 8 heteroatoms. The van der Waals surface area contributed by atoms with E-state index in [-0.39, 0.29) is 12.5 Å². The third-order valence-corrected chi connectivity index (χ3v) is 6.26. The molecule has 0 N–H and O–H groups in total. The van der Waals surface area contributed by atoms with E-state index in [0.29, 0.717) is 31.9 Å². The number of para-hydroxylation sites is 1. The van der Waals surface area contributed by atoms with Crippen molar-refractivity contribution in [1.29, 1.82) is 0 Å². The number of hydrogen-bond donors (Lipinski definition) is 0. The second kappa shape index (κ2) is 8.73. The Balaban J connectivity index is 1.65. The van der Waals surface area contributed by atoms with Gasteiger partial charge in [-0.25, -0.2) is 8.42 Å². The van der Waals surface area contributed by atoms with Gasteiger partial charge in [-0.3, -0.25) is 9.10 Å². The first kappa shape index (κ1) is 21.0. The van der Waals surface area contributed by atoms with E-state index in [4.69, 9.17) is 4.74 Å². The van der Waals surface area contributed by atoms with Crippen LogP contribution in [0, 0.1) is 6.92 Å². The van der Waals surface area contributed by atoms with Gasteiger partial charge in [-0.05, 0) is 42.8 Å². The molecule has 1 aliphatic rings. The first-order valence-corrected chi connectivity index (χ1v) is 11.3. The first-order chi connectivity index (χ1) is 13.8. The topological polar surface area (TPSA) is 70.2 Å². The van der Waals surface area contributed by atoms with Crippen LogP contribution in [-0.2, 0) is 14.8 Å². The molecule has 156 valence electrons. The smallest absolute Gasteiger partial charge is 0.243 e. The summed E-state index contributed by atoms with van der Waals surface area (Å²) >= 11 is 0. The van der Waals surface area contributed by atoms with Crippen molar-refractivity contribution in [2.24, 2.45) is 0 Å². The van der Waals surface area contributed by atoms with Crippen LogP contribution in [0.25, 0.3) is 0 Å². The van der Waals surface area contributed by atoms with Gasteiger partial charge in [-0.1, -0.05) is 18.2 Å². The van der Waals surface area contributed by atoms with Crippen molar-refractivity contribution >= 4 is 27.3 Å². The number of sulfonamides is 1. The van der Waals surface area contributed by atoms with Gasteiger partial charge in [0.1, 0.15) is 12.3 Å². The number of amides is 1. The number of anilines is 2. The number of rotatable bonds is 6. The van der Waals surface area contributed by atoms with Crippen LogP contribution in [0.2, 0.25) is 0 Å². The highest BCUT2D eigenvalue weighted by Crippen LogP contribution is 2.23. The second-order valence-electron chi connectivity index (χ2n) is 7.12. The highest BCUT2D eigenvalue weighted by atomic mass is 32.2. The lowest BCUT2D eigenvalue weighted by atomic mass is 10.2. The number of hydrogen-bond acceptors (Lipinski definition) is 5. The molecular weight excluding hydrogens is 390 g/mol. The van der Waals surface area contributed by atoms with E-state index in [9.17, 15) is 13.2 Å². The fourth-order valence-corrected chi connectivity index (χ4v) is 4.36. The minimum Gasteiger partial charge on any atom is -0.497 e. The minimum atomic E-state index is -3.57. The van der Waals surface area contributed by atoms with Gasteiger partial charge in [0.2, 0.25) is 15.9 Å². The molecule has 0 saturated carbocycles. The van der Waals surface area contributed by atoms with Crippen LogP contribution in [0.5, 0.6) is 5.75 Å². The van der Waals surface area contributed by atoms with Crippen LogP contribution in [0.1, 0.15) is 5.56 Å². The summed E-state index contributed by atoms with van der Waals surface area (Å²) in [5, 5.41) is 0. The third kappa shape index (κ3) is 5.00. The van der Waals surface area contributed by atoms with Crippen molar-refractivity contribution in [2.45, 2.75) is 6.92 Å². The van der Waals surface area contributed by atoms with Crippen LogP contribution in [-0.4, -0.2) is 65.3 Å². The quantitative estimate of drug-likeness (QED) is 0.720. The molecule has 7 nitrogen and oxygen atoms in total. The maximum Gasteiger partial charge on any atom is 0.243 e. The molecule has 1 fully saturated rings. The number of benzene rings is 2. The Morgan fingerprint density at radius 3 is 2.21 bits per heavy atom. The minimum absolute atomic E-state index is 0.187. The Morgan fingerprint density at radius 2 is 1.66 bits per heavy atom. The number of nitrogens with zero attached hydrogens (tertiary/aromatic N) is 3. The standard InChI is InChI=1S/C21H27N3O4S/c1-17-6-4-5-7-20(17)24(29(3,26)27)16-21(25)23-14-12-22(13-15-23)18-8-10-19(28-2)11-9-18/h4-11H,12-16H2,1-3H3. The molecule has 1 amide bonds. The maximum absolute atomic E-state index is 12.9. The Bertz CT molecular complexity index is 952. The fraction of sp³-hybridized carbons (Fsp3) is 0.381. The molecule has 0 aliphatic carbocycles. The van der Waals surface area contributed by atoms with Gasteiger partial charge in [0.05, 0.1) is 19.1 Å². The fourth-order valence-electron chi connectivity index (χ4n) is 3.45. The Hall–Kier alpha value is -2.74. The lowest BCUT2D eigenvalue weighted by molar-refractivity contribution is -0.129. The lowest BCUT2D eigenvalue weighted by Crippen LogP contribution is -2.52. The van der Waals surface area contributed by atoms with E-state index in [1.165, 1.54) is 4.31 Å². The zero-order chi connectivity index (χ0) is 21.0. The number of carbonyl (C=O) groups is 1. The molecule has 0 unspecified atom stereocenters. The molecule has 3 rings (SSSR count). The van der Waals surface area contributed by atoms with E-state index in [2.05, 4.69) is 4.90 Å². The lowest BCUT2D eigenvalue weighted by Gasteiger charge is -2.37. The summed E-state index contributed by atoms with van der Waals surface area (Å²) in [6.45, 7) is 4.15. The zero-order valence-electron chi connectivity index (χ0n) is 17.0. The van der Waals surface area contributed by atoms with Crippen molar-refractivity contribution in [3.8, 4) is 5.75 Å². The summed E-state index contributed by atoms with van der Waals surface area (Å²) in [6.07, 6.45) is 1.13. The average Bonchev–Trinajstić information content (AvgIpc) is 2.72. The maximum atomic E-state index is 12.9. The van der Waals surface area contributed by atoms with Gasteiger partial charge < -0.3 is 14.5 Å². The zero-order valence-corrected chi connectivity index (χ0v) is 17.9. The van der Waals surface area contributed by atoms with E-state index in [1.54, 1.807) is 24.1 Å². The molecule has 0 spiro atoms. The number of methoxy groups -OCH3 is 1. The van der Waals surface area contributed by atoms with Crippen LogP contribution < -0.4 is 13.9 Å². The molecule has 0 atom stereocenters. The summed E-state index contributed by atoms with van der Waals surface area (Å²) in [5.74, 6) is 0.618. The van der Waals surface area contributed by atoms with Gasteiger partial charge in [0, 0.05) is 31.9 Å². The molecule has 0 radical (unpaired) electrons. The second-order valence-corrected chi connectivity index (χ2v) is 9.03. The van der Waals surface area contributed by atoms with Crippen molar-refractivity contribution in [3.05, 3.63) is 54.1 Å². The highest BCUT2D eigenvalue weighted by molar-refractivity contribution is 7.92. The SMILES string of the molecule is COc1ccc(N2CCN(C(=O)CN(c3ccccc3C)S(C)(=O)=O)CC2)cc1. The molecule has 1 heterocycles. The number of aryl methyl sites for hydroxylation is 1. The van der Waals surface area contributed by atoms with Crippen LogP contribution >= 0.6 is 0 Å². The van der Waals surface area contributed by atoms with Gasteiger partial charge in [-0.15, -0.1) is 0 Å². The molecule has 2 aromatic carbocycles. The normalized spacial score (nSPS) is 14.6. The third-order valence-electron chi connectivity index (χ3n) is 5.13. The number of piperazine rings is 1. The molecular formula is C21H27N3O4S. The van der Waals surface area contributed by atoms with Crippen LogP contribution in [0.4, 0.5) is 11.4 Å². The van der Waals surface area contributed by atoms with Crippen molar-refractivity contribution in [1.82, 2.24) is 4.90 Å². The molecule has 1 aliphatic heterocycles. The van der Waals surface area contributed by atoms with Crippen molar-refractivity contribution in [3.63, 3.8) is 0 Å². The number of ether oxygens (including phenoxy) is 1.